The molecule has 0 fully saturated rings. The highest BCUT2D eigenvalue weighted by Crippen LogP contribution is 2.20. The third-order valence-electron chi connectivity index (χ3n) is 3.13. The number of carbonyl (C=O) groups is 2. The second-order valence-electron chi connectivity index (χ2n) is 4.90. The molecule has 0 aliphatic heterocycles. The van der Waals surface area contributed by atoms with E-state index < -0.39 is 12.0 Å². The molecule has 1 heterocycles. The molecule has 0 aromatic carbocycles. The summed E-state index contributed by atoms with van der Waals surface area (Å²) >= 11 is 2.61. The minimum atomic E-state index is -0.684. The fourth-order valence-electron chi connectivity index (χ4n) is 1.64. The molecule has 0 radical (unpaired) electrons. The normalized spacial score (nSPS) is 13.3. The van der Waals surface area contributed by atoms with E-state index in [1.54, 1.807) is 32.3 Å². The highest BCUT2D eigenvalue weighted by molar-refractivity contribution is 8.13. The molecule has 1 aromatic rings. The summed E-state index contributed by atoms with van der Waals surface area (Å²) in [6, 6.07) is 1.75. The Morgan fingerprint density at radius 2 is 2.00 bits per heavy atom. The van der Waals surface area contributed by atoms with Gasteiger partial charge in [0.05, 0.1) is 12.0 Å². The number of amides is 1. The molecule has 128 valence electrons. The molecule has 6 nitrogen and oxygen atoms in total. The Morgan fingerprint density at radius 3 is 2.65 bits per heavy atom. The van der Waals surface area contributed by atoms with Crippen LogP contribution in [0.4, 0.5) is 0 Å². The average Bonchev–Trinajstić information content (AvgIpc) is 2.58. The fourth-order valence-corrected chi connectivity index (χ4v) is 3.27. The van der Waals surface area contributed by atoms with Gasteiger partial charge >= 0.3 is 0 Å². The Kier molecular flexibility index (Phi) is 9.89. The third kappa shape index (κ3) is 8.34. The zero-order valence-electron chi connectivity index (χ0n) is 13.4. The van der Waals surface area contributed by atoms with Gasteiger partial charge in [-0.3, -0.25) is 9.59 Å². The number of nitrogens with zero attached hydrogens (tertiary/aromatic N) is 2. The van der Waals surface area contributed by atoms with Gasteiger partial charge < -0.3 is 10.4 Å². The Balaban J connectivity index is 2.20. The van der Waals surface area contributed by atoms with Gasteiger partial charge in [-0.2, -0.15) is 0 Å². The lowest BCUT2D eigenvalue weighted by molar-refractivity contribution is -0.120. The molecule has 0 saturated heterocycles. The van der Waals surface area contributed by atoms with Crippen LogP contribution < -0.4 is 5.32 Å². The first-order valence-corrected chi connectivity index (χ1v) is 9.53. The molecule has 0 aliphatic carbocycles. The van der Waals surface area contributed by atoms with Crippen molar-refractivity contribution in [3.63, 3.8) is 0 Å². The first-order valence-electron chi connectivity index (χ1n) is 7.55. The lowest BCUT2D eigenvalue weighted by Crippen LogP contribution is -2.27. The maximum absolute atomic E-state index is 12.0. The number of thioether (sulfide) groups is 2. The van der Waals surface area contributed by atoms with Gasteiger partial charge in [0, 0.05) is 36.9 Å². The molecule has 2 N–H and O–H groups in total. The first-order chi connectivity index (χ1) is 11.0. The number of aliphatic hydroxyl groups excluding tert-OH is 1. The Labute approximate surface area is 145 Å². The summed E-state index contributed by atoms with van der Waals surface area (Å²) in [5, 5.41) is 13.4. The number of hydrogen-bond donors (Lipinski definition) is 2. The summed E-state index contributed by atoms with van der Waals surface area (Å²) in [6.45, 7) is 3.98. The predicted octanol–water partition coefficient (Wildman–Crippen LogP) is 1.74. The lowest BCUT2D eigenvalue weighted by Gasteiger charge is -2.17. The molecule has 1 aromatic heterocycles. The minimum Gasteiger partial charge on any atom is -0.392 e. The number of aliphatic hydroxyl groups is 1. The van der Waals surface area contributed by atoms with E-state index in [1.807, 2.05) is 0 Å². The van der Waals surface area contributed by atoms with Crippen LogP contribution in [-0.4, -0.2) is 50.3 Å². The summed E-state index contributed by atoms with van der Waals surface area (Å²) in [4.78, 5) is 31.2. The minimum absolute atomic E-state index is 0.0220. The number of rotatable bonds is 10. The van der Waals surface area contributed by atoms with Crippen LogP contribution in [0.3, 0.4) is 0 Å². The van der Waals surface area contributed by atoms with Crippen LogP contribution in [0.15, 0.2) is 23.6 Å². The topological polar surface area (TPSA) is 92.2 Å². The molecule has 1 rings (SSSR count). The van der Waals surface area contributed by atoms with Gasteiger partial charge in [0.1, 0.15) is 0 Å². The third-order valence-corrected chi connectivity index (χ3v) is 5.10. The number of carbonyl (C=O) groups excluding carboxylic acids is 2. The molecule has 23 heavy (non-hydrogen) atoms. The van der Waals surface area contributed by atoms with Crippen LogP contribution >= 0.6 is 23.5 Å². The summed E-state index contributed by atoms with van der Waals surface area (Å²) < 4.78 is 0. The quantitative estimate of drug-likeness (QED) is 0.374. The second kappa shape index (κ2) is 11.4. The van der Waals surface area contributed by atoms with Crippen molar-refractivity contribution in [2.75, 3.05) is 18.1 Å². The zero-order valence-corrected chi connectivity index (χ0v) is 15.0. The van der Waals surface area contributed by atoms with E-state index in [2.05, 4.69) is 15.3 Å². The van der Waals surface area contributed by atoms with E-state index in [0.29, 0.717) is 36.0 Å². The number of aromatic nitrogens is 2. The smallest absolute Gasteiger partial charge is 0.219 e. The second-order valence-corrected chi connectivity index (χ2v) is 7.06. The van der Waals surface area contributed by atoms with E-state index in [0.717, 1.165) is 11.8 Å². The van der Waals surface area contributed by atoms with Crippen molar-refractivity contribution in [3.05, 3.63) is 18.5 Å². The lowest BCUT2D eigenvalue weighted by atomic mass is 10.0. The average molecular weight is 358 g/mol. The molecule has 0 spiro atoms. The van der Waals surface area contributed by atoms with Gasteiger partial charge in [-0.1, -0.05) is 37.4 Å². The SMILES string of the molecule is CCC(=O)NCCSC(=O)[C@@H](C)C(O)CCSc1ncccn1. The Bertz CT molecular complexity index is 488. The van der Waals surface area contributed by atoms with Crippen molar-refractivity contribution in [1.82, 2.24) is 15.3 Å². The highest BCUT2D eigenvalue weighted by atomic mass is 32.2. The number of hydrogen-bond acceptors (Lipinski definition) is 7. The van der Waals surface area contributed by atoms with Gasteiger partial charge in [-0.15, -0.1) is 0 Å². The van der Waals surface area contributed by atoms with Crippen molar-refractivity contribution >= 4 is 34.5 Å². The summed E-state index contributed by atoms with van der Waals surface area (Å²) in [7, 11) is 0. The van der Waals surface area contributed by atoms with Crippen LogP contribution in [-0.2, 0) is 9.59 Å². The first kappa shape index (κ1) is 19.9. The largest absolute Gasteiger partial charge is 0.392 e. The molecule has 8 heteroatoms. The molecular formula is C15H23N3O3S2. The molecular weight excluding hydrogens is 334 g/mol. The highest BCUT2D eigenvalue weighted by Gasteiger charge is 2.22. The van der Waals surface area contributed by atoms with Crippen LogP contribution in [0.25, 0.3) is 0 Å². The van der Waals surface area contributed by atoms with E-state index >= 15 is 0 Å². The molecule has 0 bridgehead atoms. The maximum atomic E-state index is 12.0. The molecule has 2 atom stereocenters. The standard InChI is InChI=1S/C15H23N3O3S2/c1-3-13(20)16-8-10-22-14(21)11(2)12(19)5-9-23-15-17-6-4-7-18-15/h4,6-7,11-12,19H,3,5,8-10H2,1-2H3,(H,16,20)/t11-,12?/m0/s1. The predicted molar refractivity (Wildman–Crippen MR) is 93.3 cm³/mol. The van der Waals surface area contributed by atoms with Crippen molar-refractivity contribution in [3.8, 4) is 0 Å². The van der Waals surface area contributed by atoms with Crippen molar-refractivity contribution in [2.24, 2.45) is 5.92 Å². The van der Waals surface area contributed by atoms with E-state index in [-0.39, 0.29) is 11.0 Å². The summed E-state index contributed by atoms with van der Waals surface area (Å²) in [5.41, 5.74) is 0. The van der Waals surface area contributed by atoms with Gasteiger partial charge in [-0.25, -0.2) is 9.97 Å². The van der Waals surface area contributed by atoms with Crippen LogP contribution in [0, 0.1) is 5.92 Å². The van der Waals surface area contributed by atoms with E-state index in [9.17, 15) is 14.7 Å². The monoisotopic (exact) mass is 357 g/mol. The van der Waals surface area contributed by atoms with Crippen LogP contribution in [0.2, 0.25) is 0 Å². The molecule has 1 unspecified atom stereocenters. The maximum Gasteiger partial charge on any atom is 0.219 e. The summed E-state index contributed by atoms with van der Waals surface area (Å²) in [5.74, 6) is 0.722. The van der Waals surface area contributed by atoms with Gasteiger partial charge in [0.25, 0.3) is 0 Å². The van der Waals surface area contributed by atoms with Gasteiger partial charge in [0.15, 0.2) is 10.3 Å². The van der Waals surface area contributed by atoms with E-state index in [4.69, 9.17) is 0 Å². The van der Waals surface area contributed by atoms with Crippen LogP contribution in [0.1, 0.15) is 26.7 Å². The molecule has 1 amide bonds. The fraction of sp³-hybridized carbons (Fsp3) is 0.600. The van der Waals surface area contributed by atoms with Crippen molar-refractivity contribution < 1.29 is 14.7 Å². The van der Waals surface area contributed by atoms with Crippen molar-refractivity contribution in [1.29, 1.82) is 0 Å². The molecule has 0 aliphatic rings. The van der Waals surface area contributed by atoms with Crippen molar-refractivity contribution in [2.45, 2.75) is 37.9 Å². The Hall–Kier alpha value is -1.12. The van der Waals surface area contributed by atoms with Gasteiger partial charge in [0.2, 0.25) is 5.91 Å². The molecule has 0 saturated carbocycles. The zero-order chi connectivity index (χ0) is 17.1. The van der Waals surface area contributed by atoms with Gasteiger partial charge in [-0.05, 0) is 12.5 Å². The summed E-state index contributed by atoms with van der Waals surface area (Å²) in [6.07, 6.45) is 3.61. The van der Waals surface area contributed by atoms with E-state index in [1.165, 1.54) is 11.8 Å². The number of nitrogens with one attached hydrogen (secondary N) is 1. The van der Waals surface area contributed by atoms with Crippen LogP contribution in [0.5, 0.6) is 0 Å². The Morgan fingerprint density at radius 1 is 1.30 bits per heavy atom.